The van der Waals surface area contributed by atoms with Crippen LogP contribution >= 0.6 is 12.4 Å². The van der Waals surface area contributed by atoms with Crippen molar-refractivity contribution in [2.45, 2.75) is 0 Å². The first-order valence-corrected chi connectivity index (χ1v) is 0. The van der Waals surface area contributed by atoms with Gasteiger partial charge in [-0.15, -0.1) is 12.4 Å². The van der Waals surface area contributed by atoms with Crippen LogP contribution in [0.3, 0.4) is 0 Å². The predicted molar refractivity (Wildman–Crippen MR) is 14.5 cm³/mol. The quantitative estimate of drug-likeness (QED) is 0.495. The molecule has 0 aromatic heterocycles. The summed E-state index contributed by atoms with van der Waals surface area (Å²) in [5.74, 6) is 0. The summed E-state index contributed by atoms with van der Waals surface area (Å²) in [5.41, 5.74) is 0. The first kappa shape index (κ1) is 85.5. The van der Waals surface area contributed by atoms with Crippen molar-refractivity contribution >= 4 is 12.4 Å². The van der Waals surface area contributed by atoms with Crippen LogP contribution in [0.1, 0.15) is 0 Å². The second-order valence-electron chi connectivity index (χ2n) is 0. The van der Waals surface area contributed by atoms with Crippen LogP contribution in [-0.4, -0.2) is 11.0 Å². The molecule has 0 saturated carbocycles. The van der Waals surface area contributed by atoms with Gasteiger partial charge in [-0.2, -0.15) is 0 Å². The van der Waals surface area contributed by atoms with Crippen LogP contribution in [0.25, 0.3) is 0 Å². The Hall–Kier alpha value is 0.950. The molecule has 4 heteroatoms. The van der Waals surface area contributed by atoms with Gasteiger partial charge in [0.2, 0.25) is 0 Å². The fourth-order valence-electron chi connectivity index (χ4n) is 0. The van der Waals surface area contributed by atoms with Crippen molar-refractivity contribution in [1.82, 2.24) is 0 Å². The number of halogens is 1. The number of hydrogen-bond acceptors (Lipinski definition) is 0. The Morgan fingerprint density at radius 1 is 0.750 bits per heavy atom. The second kappa shape index (κ2) is 38.1. The topological polar surface area (TPSA) is 63.0 Å². The predicted octanol–water partition coefficient (Wildman–Crippen LogP) is -1.23. The van der Waals surface area contributed by atoms with Gasteiger partial charge in [0.1, 0.15) is 0 Å². The van der Waals surface area contributed by atoms with Crippen LogP contribution < -0.4 is 0 Å². The standard InChI is InChI=1S/Au.ClH.2H2O/h;1H;2*1H2. The molecule has 0 rings (SSSR count). The molecule has 4 N–H and O–H groups in total. The van der Waals surface area contributed by atoms with Crippen LogP contribution in [0.4, 0.5) is 0 Å². The van der Waals surface area contributed by atoms with E-state index in [1.54, 1.807) is 0 Å². The third-order valence-corrected chi connectivity index (χ3v) is 0. The molecule has 0 amide bonds. The third kappa shape index (κ3) is 12.4. The molecule has 1 radical (unpaired) electrons. The van der Waals surface area contributed by atoms with Gasteiger partial charge < -0.3 is 11.0 Å². The molecule has 0 spiro atoms. The van der Waals surface area contributed by atoms with E-state index in [9.17, 15) is 0 Å². The zero-order valence-electron chi connectivity index (χ0n) is 1.71. The summed E-state index contributed by atoms with van der Waals surface area (Å²) in [6.07, 6.45) is 0. The maximum Gasteiger partial charge on any atom is 0 e. The van der Waals surface area contributed by atoms with Gasteiger partial charge in [-0.25, -0.2) is 0 Å². The van der Waals surface area contributed by atoms with Crippen molar-refractivity contribution in [3.63, 3.8) is 0 Å². The molecule has 0 heterocycles. The van der Waals surface area contributed by atoms with E-state index in [0.29, 0.717) is 0 Å². The van der Waals surface area contributed by atoms with Crippen LogP contribution in [0.15, 0.2) is 0 Å². The van der Waals surface area contributed by atoms with Gasteiger partial charge in [0.15, 0.2) is 0 Å². The minimum absolute atomic E-state index is 0. The van der Waals surface area contributed by atoms with Gasteiger partial charge >= 0.3 is 0 Å². The maximum absolute atomic E-state index is 0. The smallest absolute Gasteiger partial charge is 0 e. The summed E-state index contributed by atoms with van der Waals surface area (Å²) in [6, 6.07) is 0. The van der Waals surface area contributed by atoms with Crippen LogP contribution in [0.5, 0.6) is 0 Å². The van der Waals surface area contributed by atoms with Gasteiger partial charge in [0.05, 0.1) is 0 Å². The number of hydrogen-bond donors (Lipinski definition) is 0. The summed E-state index contributed by atoms with van der Waals surface area (Å²) in [4.78, 5) is 0. The summed E-state index contributed by atoms with van der Waals surface area (Å²) in [5, 5.41) is 0. The zero-order valence-corrected chi connectivity index (χ0v) is 4.69. The van der Waals surface area contributed by atoms with Gasteiger partial charge in [0, 0.05) is 22.4 Å². The van der Waals surface area contributed by atoms with Crippen LogP contribution in [0.2, 0.25) is 0 Å². The van der Waals surface area contributed by atoms with E-state index in [0.717, 1.165) is 0 Å². The summed E-state index contributed by atoms with van der Waals surface area (Å²) in [6.45, 7) is 0. The molecule has 4 heavy (non-hydrogen) atoms. The molecule has 0 unspecified atom stereocenters. The molecule has 0 aliphatic carbocycles. The Bertz CT molecular complexity index is 6.00. The van der Waals surface area contributed by atoms with E-state index in [1.807, 2.05) is 0 Å². The maximum atomic E-state index is 0. The molecule has 0 aliphatic rings. The minimum Gasteiger partial charge on any atom is -0.412 e. The monoisotopic (exact) mass is 269 g/mol. The van der Waals surface area contributed by atoms with Crippen molar-refractivity contribution in [1.29, 1.82) is 0 Å². The van der Waals surface area contributed by atoms with Gasteiger partial charge in [-0.1, -0.05) is 0 Å². The van der Waals surface area contributed by atoms with E-state index in [2.05, 4.69) is 0 Å². The molecule has 0 aromatic carbocycles. The molecular weight excluding hydrogens is 264 g/mol. The van der Waals surface area contributed by atoms with E-state index in [-0.39, 0.29) is 45.7 Å². The van der Waals surface area contributed by atoms with Crippen molar-refractivity contribution < 1.29 is 33.3 Å². The summed E-state index contributed by atoms with van der Waals surface area (Å²) >= 11 is 0. The van der Waals surface area contributed by atoms with E-state index < -0.39 is 0 Å². The van der Waals surface area contributed by atoms with E-state index >= 15 is 0 Å². The van der Waals surface area contributed by atoms with Gasteiger partial charge in [0.25, 0.3) is 0 Å². The molecule has 35 valence electrons. The van der Waals surface area contributed by atoms with Gasteiger partial charge in [-0.05, 0) is 0 Å². The first-order chi connectivity index (χ1) is 0. The minimum atomic E-state index is 0. The molecule has 0 aliphatic heterocycles. The molecule has 0 saturated heterocycles. The Morgan fingerprint density at radius 2 is 0.750 bits per heavy atom. The molecule has 0 bridgehead atoms. The molecule has 0 fully saturated rings. The molecular formula is H5AuClO2. The SMILES string of the molecule is Cl.O.O.[Au]. The van der Waals surface area contributed by atoms with Crippen LogP contribution in [0, 0.1) is 0 Å². The van der Waals surface area contributed by atoms with E-state index in [4.69, 9.17) is 0 Å². The first-order valence-electron chi connectivity index (χ1n) is 0. The zero-order chi connectivity index (χ0) is 0. The largest absolute Gasteiger partial charge is 0.412 e. The third-order valence-electron chi connectivity index (χ3n) is 0. The van der Waals surface area contributed by atoms with Crippen molar-refractivity contribution in [3.05, 3.63) is 0 Å². The normalized spacial score (nSPS) is 0. The Balaban J connectivity index is 0. The molecule has 0 aromatic rings. The van der Waals surface area contributed by atoms with Crippen molar-refractivity contribution in [2.75, 3.05) is 0 Å². The second-order valence-corrected chi connectivity index (χ2v) is 0. The fraction of sp³-hybridized carbons (Fsp3) is 0. The summed E-state index contributed by atoms with van der Waals surface area (Å²) in [7, 11) is 0. The average molecular weight is 269 g/mol. The fourth-order valence-corrected chi connectivity index (χ4v) is 0. The van der Waals surface area contributed by atoms with E-state index in [1.165, 1.54) is 0 Å². The van der Waals surface area contributed by atoms with Crippen LogP contribution in [-0.2, 0) is 22.4 Å². The van der Waals surface area contributed by atoms with Crippen molar-refractivity contribution in [2.24, 2.45) is 0 Å². The molecule has 2 nitrogen and oxygen atoms in total. The Labute approximate surface area is 46.1 Å². The van der Waals surface area contributed by atoms with Crippen molar-refractivity contribution in [3.8, 4) is 0 Å². The molecule has 0 atom stereocenters. The van der Waals surface area contributed by atoms with Gasteiger partial charge in [-0.3, -0.25) is 0 Å². The average Bonchev–Trinajstić information content (AvgIpc) is 0. The number of rotatable bonds is 0. The Kier molecular flexibility index (Phi) is 814. The summed E-state index contributed by atoms with van der Waals surface area (Å²) < 4.78 is 0. The Morgan fingerprint density at radius 3 is 0.750 bits per heavy atom.